The molecule has 0 atom stereocenters. The Labute approximate surface area is 104 Å². The van der Waals surface area contributed by atoms with Crippen molar-refractivity contribution < 1.29 is 0 Å². The molecule has 1 aliphatic carbocycles. The quantitative estimate of drug-likeness (QED) is 0.838. The average molecular weight is 232 g/mol. The van der Waals surface area contributed by atoms with Crippen molar-refractivity contribution in [1.82, 2.24) is 0 Å². The fraction of sp³-hybridized carbons (Fsp3) is 0.600. The van der Waals surface area contributed by atoms with Gasteiger partial charge in [0.25, 0.3) is 0 Å². The smallest absolute Gasteiger partial charge is 0.0155 e. The van der Waals surface area contributed by atoms with Gasteiger partial charge in [-0.3, -0.25) is 0 Å². The maximum Gasteiger partial charge on any atom is 0.0155 e. The van der Waals surface area contributed by atoms with Crippen LogP contribution in [-0.2, 0) is 6.42 Å². The molecule has 0 aliphatic heterocycles. The third-order valence-corrected chi connectivity index (χ3v) is 4.01. The molecule has 0 spiro atoms. The fourth-order valence-corrected chi connectivity index (χ4v) is 2.75. The van der Waals surface area contributed by atoms with Gasteiger partial charge >= 0.3 is 0 Å². The molecule has 94 valence electrons. The molecule has 1 aromatic rings. The van der Waals surface area contributed by atoms with Gasteiger partial charge in [0.15, 0.2) is 0 Å². The van der Waals surface area contributed by atoms with Crippen molar-refractivity contribution in [2.75, 3.05) is 0 Å². The summed E-state index contributed by atoms with van der Waals surface area (Å²) in [6.07, 6.45) is 7.87. The van der Waals surface area contributed by atoms with Crippen LogP contribution in [0.15, 0.2) is 30.3 Å². The minimum Gasteiger partial charge on any atom is -0.328 e. The zero-order valence-electron chi connectivity index (χ0n) is 10.6. The van der Waals surface area contributed by atoms with E-state index in [1.165, 1.54) is 12.0 Å². The van der Waals surface area contributed by atoms with E-state index in [1.54, 1.807) is 0 Å². The number of aryl methyl sites for hydroxylation is 1. The van der Waals surface area contributed by atoms with Gasteiger partial charge in [-0.05, 0) is 50.5 Å². The molecule has 2 rings (SSSR count). The number of rotatable bonds is 4. The van der Waals surface area contributed by atoms with Crippen LogP contribution in [0.25, 0.3) is 0 Å². The highest BCUT2D eigenvalue weighted by Gasteiger charge is 2.29. The first-order valence-corrected chi connectivity index (χ1v) is 6.76. The Balaban J connectivity index is 1.75. The zero-order valence-corrected chi connectivity index (χ0v) is 10.6. The third kappa shape index (κ3) is 3.83. The van der Waals surface area contributed by atoms with E-state index in [1.807, 2.05) is 0 Å². The molecule has 0 radical (unpaired) electrons. The molecule has 0 unspecified atom stereocenters. The van der Waals surface area contributed by atoms with Gasteiger partial charge in [0, 0.05) is 11.6 Å². The number of hydrogen-bond donors (Lipinski definition) is 2. The highest BCUT2D eigenvalue weighted by molar-refractivity contribution is 5.14. The maximum absolute atomic E-state index is 6.43. The molecule has 1 aromatic carbocycles. The Morgan fingerprint density at radius 2 is 1.76 bits per heavy atom. The lowest BCUT2D eigenvalue weighted by Gasteiger charge is -2.36. The summed E-state index contributed by atoms with van der Waals surface area (Å²) >= 11 is 0. The monoisotopic (exact) mass is 232 g/mol. The Bertz CT molecular complexity index is 326. The molecule has 4 N–H and O–H groups in total. The second kappa shape index (κ2) is 5.65. The SMILES string of the molecule is NC1CCC(N)(CCCc2ccccc2)CC1. The van der Waals surface area contributed by atoms with E-state index >= 15 is 0 Å². The van der Waals surface area contributed by atoms with E-state index in [0.717, 1.165) is 38.5 Å². The van der Waals surface area contributed by atoms with Crippen molar-refractivity contribution in [3.63, 3.8) is 0 Å². The van der Waals surface area contributed by atoms with Crippen molar-refractivity contribution in [2.45, 2.75) is 56.5 Å². The average Bonchev–Trinajstić information content (AvgIpc) is 2.35. The summed E-state index contributed by atoms with van der Waals surface area (Å²) in [5, 5.41) is 0. The Morgan fingerprint density at radius 3 is 2.41 bits per heavy atom. The molecule has 0 bridgehead atoms. The van der Waals surface area contributed by atoms with Crippen LogP contribution in [-0.4, -0.2) is 11.6 Å². The molecule has 1 fully saturated rings. The third-order valence-electron chi connectivity index (χ3n) is 4.01. The zero-order chi connectivity index (χ0) is 12.1. The van der Waals surface area contributed by atoms with Crippen LogP contribution >= 0.6 is 0 Å². The molecule has 0 saturated heterocycles. The summed E-state index contributed by atoms with van der Waals surface area (Å²) in [5.41, 5.74) is 13.8. The summed E-state index contributed by atoms with van der Waals surface area (Å²) in [6.45, 7) is 0. The highest BCUT2D eigenvalue weighted by Crippen LogP contribution is 2.29. The molecular formula is C15H24N2. The van der Waals surface area contributed by atoms with E-state index in [0.29, 0.717) is 6.04 Å². The number of hydrogen-bond acceptors (Lipinski definition) is 2. The molecule has 0 amide bonds. The normalized spacial score (nSPS) is 29.2. The molecule has 2 heteroatoms. The first-order chi connectivity index (χ1) is 8.18. The summed E-state index contributed by atoms with van der Waals surface area (Å²) in [6, 6.07) is 11.1. The summed E-state index contributed by atoms with van der Waals surface area (Å²) in [7, 11) is 0. The maximum atomic E-state index is 6.43. The van der Waals surface area contributed by atoms with Crippen LogP contribution in [0.3, 0.4) is 0 Å². The van der Waals surface area contributed by atoms with Crippen LogP contribution in [0.2, 0.25) is 0 Å². The predicted octanol–water partition coefficient (Wildman–Crippen LogP) is 2.61. The van der Waals surface area contributed by atoms with Gasteiger partial charge in [-0.15, -0.1) is 0 Å². The van der Waals surface area contributed by atoms with Gasteiger partial charge in [0.2, 0.25) is 0 Å². The van der Waals surface area contributed by atoms with E-state index in [-0.39, 0.29) is 5.54 Å². The predicted molar refractivity (Wildman–Crippen MR) is 72.7 cm³/mol. The molecule has 1 aliphatic rings. The fourth-order valence-electron chi connectivity index (χ4n) is 2.75. The number of nitrogens with two attached hydrogens (primary N) is 2. The Hall–Kier alpha value is -0.860. The molecular weight excluding hydrogens is 208 g/mol. The van der Waals surface area contributed by atoms with Crippen molar-refractivity contribution in [3.05, 3.63) is 35.9 Å². The minimum atomic E-state index is 0.0602. The second-order valence-electron chi connectivity index (χ2n) is 5.54. The van der Waals surface area contributed by atoms with Gasteiger partial charge in [-0.25, -0.2) is 0 Å². The van der Waals surface area contributed by atoms with Crippen LogP contribution in [0.4, 0.5) is 0 Å². The topological polar surface area (TPSA) is 52.0 Å². The Morgan fingerprint density at radius 1 is 1.12 bits per heavy atom. The van der Waals surface area contributed by atoms with Crippen LogP contribution < -0.4 is 11.5 Å². The number of benzene rings is 1. The van der Waals surface area contributed by atoms with Gasteiger partial charge in [0.05, 0.1) is 0 Å². The minimum absolute atomic E-state index is 0.0602. The lowest BCUT2D eigenvalue weighted by Crippen LogP contribution is -2.46. The van der Waals surface area contributed by atoms with Gasteiger partial charge in [-0.1, -0.05) is 30.3 Å². The van der Waals surface area contributed by atoms with Crippen molar-refractivity contribution >= 4 is 0 Å². The van der Waals surface area contributed by atoms with Crippen LogP contribution in [0.5, 0.6) is 0 Å². The largest absolute Gasteiger partial charge is 0.328 e. The van der Waals surface area contributed by atoms with Gasteiger partial charge in [-0.2, -0.15) is 0 Å². The Kier molecular flexibility index (Phi) is 4.19. The van der Waals surface area contributed by atoms with Crippen molar-refractivity contribution in [3.8, 4) is 0 Å². The van der Waals surface area contributed by atoms with Crippen molar-refractivity contribution in [1.29, 1.82) is 0 Å². The molecule has 0 aromatic heterocycles. The highest BCUT2D eigenvalue weighted by atomic mass is 14.8. The first kappa shape index (κ1) is 12.6. The van der Waals surface area contributed by atoms with Crippen molar-refractivity contribution in [2.24, 2.45) is 11.5 Å². The van der Waals surface area contributed by atoms with Gasteiger partial charge < -0.3 is 11.5 Å². The lowest BCUT2D eigenvalue weighted by molar-refractivity contribution is 0.253. The lowest BCUT2D eigenvalue weighted by atomic mass is 9.77. The first-order valence-electron chi connectivity index (χ1n) is 6.76. The molecule has 2 nitrogen and oxygen atoms in total. The standard InChI is InChI=1S/C15H24N2/c16-14-8-11-15(17,12-9-14)10-4-7-13-5-2-1-3-6-13/h1-3,5-6,14H,4,7-12,16-17H2. The van der Waals surface area contributed by atoms with Gasteiger partial charge in [0.1, 0.15) is 0 Å². The van der Waals surface area contributed by atoms with E-state index in [9.17, 15) is 0 Å². The molecule has 17 heavy (non-hydrogen) atoms. The summed E-state index contributed by atoms with van der Waals surface area (Å²) < 4.78 is 0. The van der Waals surface area contributed by atoms with Crippen LogP contribution in [0.1, 0.15) is 44.1 Å². The second-order valence-corrected chi connectivity index (χ2v) is 5.54. The van der Waals surface area contributed by atoms with E-state index in [2.05, 4.69) is 30.3 Å². The van der Waals surface area contributed by atoms with E-state index < -0.39 is 0 Å². The molecule has 1 saturated carbocycles. The van der Waals surface area contributed by atoms with E-state index in [4.69, 9.17) is 11.5 Å². The van der Waals surface area contributed by atoms with Crippen LogP contribution in [0, 0.1) is 0 Å². The summed E-state index contributed by atoms with van der Waals surface area (Å²) in [5.74, 6) is 0. The summed E-state index contributed by atoms with van der Waals surface area (Å²) in [4.78, 5) is 0. The molecule has 0 heterocycles.